The van der Waals surface area contributed by atoms with Crippen molar-refractivity contribution in [1.29, 1.82) is 0 Å². The first-order valence-electron chi connectivity index (χ1n) is 7.40. The van der Waals surface area contributed by atoms with Crippen molar-refractivity contribution in [2.75, 3.05) is 13.1 Å². The molecule has 0 bridgehead atoms. The van der Waals surface area contributed by atoms with Gasteiger partial charge in [-0.1, -0.05) is 26.7 Å². The summed E-state index contributed by atoms with van der Waals surface area (Å²) in [4.78, 5) is 0. The van der Waals surface area contributed by atoms with Gasteiger partial charge in [0.1, 0.15) is 0 Å². The van der Waals surface area contributed by atoms with E-state index in [2.05, 4.69) is 13.8 Å². The van der Waals surface area contributed by atoms with Gasteiger partial charge in [-0.15, -0.1) is 0 Å². The fourth-order valence-electron chi connectivity index (χ4n) is 4.19. The highest BCUT2D eigenvalue weighted by molar-refractivity contribution is 4.93. The Kier molecular flexibility index (Phi) is 3.84. The maximum absolute atomic E-state index is 6.00. The van der Waals surface area contributed by atoms with E-state index < -0.39 is 0 Å². The van der Waals surface area contributed by atoms with Gasteiger partial charge in [0.15, 0.2) is 0 Å². The Hall–Kier alpha value is -0.0800. The van der Waals surface area contributed by atoms with E-state index in [9.17, 15) is 0 Å². The van der Waals surface area contributed by atoms with Gasteiger partial charge >= 0.3 is 0 Å². The third-order valence-corrected chi connectivity index (χ3v) is 5.64. The molecule has 2 aliphatic carbocycles. The summed E-state index contributed by atoms with van der Waals surface area (Å²) < 4.78 is 0. The number of rotatable bonds is 2. The molecule has 0 heterocycles. The second-order valence-corrected chi connectivity index (χ2v) is 7.39. The molecular formula is C15H30N2. The quantitative estimate of drug-likeness (QED) is 0.777. The van der Waals surface area contributed by atoms with Crippen LogP contribution in [0.4, 0.5) is 0 Å². The summed E-state index contributed by atoms with van der Waals surface area (Å²) >= 11 is 0. The van der Waals surface area contributed by atoms with Crippen LogP contribution in [0.2, 0.25) is 0 Å². The molecule has 2 heteroatoms. The van der Waals surface area contributed by atoms with E-state index in [1.54, 1.807) is 0 Å². The van der Waals surface area contributed by atoms with Crippen molar-refractivity contribution in [2.45, 2.75) is 58.8 Å². The average molecular weight is 238 g/mol. The monoisotopic (exact) mass is 238 g/mol. The van der Waals surface area contributed by atoms with Crippen LogP contribution in [0.3, 0.4) is 0 Å². The third-order valence-electron chi connectivity index (χ3n) is 5.64. The van der Waals surface area contributed by atoms with Crippen LogP contribution in [0.25, 0.3) is 0 Å². The maximum Gasteiger partial charge on any atom is -0.00231 e. The van der Waals surface area contributed by atoms with Crippen molar-refractivity contribution in [3.05, 3.63) is 0 Å². The molecule has 0 radical (unpaired) electrons. The molecule has 0 saturated heterocycles. The molecule has 0 aromatic rings. The minimum atomic E-state index is 0.395. The van der Waals surface area contributed by atoms with Crippen molar-refractivity contribution in [3.8, 4) is 0 Å². The van der Waals surface area contributed by atoms with Crippen LogP contribution >= 0.6 is 0 Å². The predicted molar refractivity (Wildman–Crippen MR) is 73.6 cm³/mol. The summed E-state index contributed by atoms with van der Waals surface area (Å²) in [6.45, 7) is 6.49. The molecule has 4 atom stereocenters. The van der Waals surface area contributed by atoms with E-state index in [4.69, 9.17) is 11.5 Å². The Morgan fingerprint density at radius 3 is 2.06 bits per heavy atom. The molecule has 0 aromatic carbocycles. The van der Waals surface area contributed by atoms with Gasteiger partial charge in [0.25, 0.3) is 0 Å². The predicted octanol–water partition coefficient (Wildman–Crippen LogP) is 2.91. The van der Waals surface area contributed by atoms with Crippen LogP contribution in [0, 0.1) is 22.7 Å². The Balaban J connectivity index is 2.09. The highest BCUT2D eigenvalue weighted by Gasteiger charge is 2.41. The highest BCUT2D eigenvalue weighted by Crippen LogP contribution is 2.50. The van der Waals surface area contributed by atoms with Gasteiger partial charge in [0.2, 0.25) is 0 Å². The summed E-state index contributed by atoms with van der Waals surface area (Å²) in [7, 11) is 0. The number of hydrogen-bond acceptors (Lipinski definition) is 2. The molecule has 0 spiro atoms. The first-order chi connectivity index (χ1) is 8.00. The number of nitrogens with two attached hydrogens (primary N) is 2. The molecule has 4 unspecified atom stereocenters. The third kappa shape index (κ3) is 2.85. The van der Waals surface area contributed by atoms with E-state index in [-0.39, 0.29) is 0 Å². The lowest BCUT2D eigenvalue weighted by Crippen LogP contribution is -2.39. The van der Waals surface area contributed by atoms with Gasteiger partial charge in [0, 0.05) is 0 Å². The Labute approximate surface area is 107 Å². The van der Waals surface area contributed by atoms with Gasteiger partial charge in [0.05, 0.1) is 0 Å². The van der Waals surface area contributed by atoms with Crippen LogP contribution in [0.5, 0.6) is 0 Å². The molecule has 2 rings (SSSR count). The molecule has 0 aliphatic heterocycles. The zero-order chi connectivity index (χ0) is 12.5. The summed E-state index contributed by atoms with van der Waals surface area (Å²) in [6.07, 6.45) is 9.56. The Bertz CT molecular complexity index is 266. The van der Waals surface area contributed by atoms with E-state index in [1.165, 1.54) is 44.9 Å². The largest absolute Gasteiger partial charge is 0.330 e. The second-order valence-electron chi connectivity index (χ2n) is 7.39. The van der Waals surface area contributed by atoms with Crippen molar-refractivity contribution in [2.24, 2.45) is 34.1 Å². The van der Waals surface area contributed by atoms with Gasteiger partial charge in [-0.05, 0) is 67.9 Å². The topological polar surface area (TPSA) is 52.0 Å². The number of hydrogen-bond donors (Lipinski definition) is 2. The molecule has 2 nitrogen and oxygen atoms in total. The molecule has 4 N–H and O–H groups in total. The van der Waals surface area contributed by atoms with Crippen molar-refractivity contribution in [1.82, 2.24) is 0 Å². The lowest BCUT2D eigenvalue weighted by Gasteiger charge is -2.43. The smallest absolute Gasteiger partial charge is 0.00231 e. The van der Waals surface area contributed by atoms with Crippen LogP contribution in [-0.2, 0) is 0 Å². The van der Waals surface area contributed by atoms with Gasteiger partial charge in [-0.25, -0.2) is 0 Å². The molecule has 0 aromatic heterocycles. The normalized spacial score (nSPS) is 47.3. The standard InChI is InChI=1S/C15H30N2/c1-14(10-16)6-3-4-12-5-7-15(2,11-17)9-13(12)8-14/h12-13H,3-11,16-17H2,1-2H3. The van der Waals surface area contributed by atoms with Crippen molar-refractivity contribution >= 4 is 0 Å². The molecule has 0 amide bonds. The minimum Gasteiger partial charge on any atom is -0.330 e. The lowest BCUT2D eigenvalue weighted by molar-refractivity contribution is 0.0833. The van der Waals surface area contributed by atoms with Crippen LogP contribution in [0.1, 0.15) is 58.8 Å². The maximum atomic E-state index is 6.00. The van der Waals surface area contributed by atoms with Gasteiger partial charge in [-0.3, -0.25) is 0 Å². The number of fused-ring (bicyclic) bond motifs is 1. The van der Waals surface area contributed by atoms with E-state index in [1.807, 2.05) is 0 Å². The summed E-state index contributed by atoms with van der Waals surface area (Å²) in [5.74, 6) is 1.84. The van der Waals surface area contributed by atoms with Crippen LogP contribution in [0.15, 0.2) is 0 Å². The summed E-state index contributed by atoms with van der Waals surface area (Å²) in [5, 5.41) is 0. The SMILES string of the molecule is CC1(CN)CCCC2CCC(C)(CN)CC2C1. The zero-order valence-corrected chi connectivity index (χ0v) is 11.7. The van der Waals surface area contributed by atoms with Crippen LogP contribution < -0.4 is 11.5 Å². The Morgan fingerprint density at radius 1 is 0.882 bits per heavy atom. The first kappa shape index (κ1) is 13.4. The van der Waals surface area contributed by atoms with Crippen molar-refractivity contribution < 1.29 is 0 Å². The van der Waals surface area contributed by atoms with Crippen molar-refractivity contribution in [3.63, 3.8) is 0 Å². The zero-order valence-electron chi connectivity index (χ0n) is 11.7. The molecule has 100 valence electrons. The average Bonchev–Trinajstić information content (AvgIpc) is 2.47. The summed E-state index contributed by atoms with van der Waals surface area (Å²) in [6, 6.07) is 0. The van der Waals surface area contributed by atoms with Gasteiger partial charge < -0.3 is 11.5 Å². The van der Waals surface area contributed by atoms with Crippen LogP contribution in [-0.4, -0.2) is 13.1 Å². The second kappa shape index (κ2) is 4.89. The van der Waals surface area contributed by atoms with Gasteiger partial charge in [-0.2, -0.15) is 0 Å². The fraction of sp³-hybridized carbons (Fsp3) is 1.00. The van der Waals surface area contributed by atoms with E-state index >= 15 is 0 Å². The molecule has 2 fully saturated rings. The minimum absolute atomic E-state index is 0.395. The Morgan fingerprint density at radius 2 is 1.47 bits per heavy atom. The summed E-state index contributed by atoms with van der Waals surface area (Å²) in [5.41, 5.74) is 12.8. The molecular weight excluding hydrogens is 208 g/mol. The lowest BCUT2D eigenvalue weighted by atomic mass is 9.63. The fourth-order valence-corrected chi connectivity index (χ4v) is 4.19. The molecule has 2 aliphatic rings. The first-order valence-corrected chi connectivity index (χ1v) is 7.40. The highest BCUT2D eigenvalue weighted by atomic mass is 14.6. The van der Waals surface area contributed by atoms with E-state index in [0.29, 0.717) is 10.8 Å². The molecule has 17 heavy (non-hydrogen) atoms. The van der Waals surface area contributed by atoms with E-state index in [0.717, 1.165) is 24.9 Å². The molecule has 2 saturated carbocycles.